The van der Waals surface area contributed by atoms with Crippen molar-refractivity contribution in [2.75, 3.05) is 7.05 Å². The van der Waals surface area contributed by atoms with Gasteiger partial charge in [0.1, 0.15) is 18.5 Å². The molecule has 158 valence electrons. The molecule has 0 fully saturated rings. The van der Waals surface area contributed by atoms with E-state index in [-0.39, 0.29) is 12.1 Å². The third-order valence-electron chi connectivity index (χ3n) is 4.31. The van der Waals surface area contributed by atoms with Gasteiger partial charge in [0.2, 0.25) is 0 Å². The topological polar surface area (TPSA) is 67.1 Å². The van der Waals surface area contributed by atoms with Gasteiger partial charge in [-0.2, -0.15) is 18.3 Å². The van der Waals surface area contributed by atoms with Crippen molar-refractivity contribution >= 4 is 5.96 Å². The fraction of sp³-hybridized carbons (Fsp3) is 0.250. The van der Waals surface area contributed by atoms with Gasteiger partial charge in [-0.15, -0.1) is 0 Å². The number of hydrogen-bond donors (Lipinski definition) is 2. The molecule has 0 unspecified atom stereocenters. The van der Waals surface area contributed by atoms with Gasteiger partial charge in [-0.1, -0.05) is 30.3 Å². The summed E-state index contributed by atoms with van der Waals surface area (Å²) in [5, 5.41) is 9.96. The fourth-order valence-corrected chi connectivity index (χ4v) is 2.89. The quantitative estimate of drug-likeness (QED) is 0.365. The van der Waals surface area contributed by atoms with Crippen LogP contribution in [0.2, 0.25) is 0 Å². The van der Waals surface area contributed by atoms with Crippen LogP contribution in [0.15, 0.2) is 60.1 Å². The molecular formula is C20H20F4N6. The second-order valence-corrected chi connectivity index (χ2v) is 6.49. The highest BCUT2D eigenvalue weighted by molar-refractivity contribution is 5.79. The van der Waals surface area contributed by atoms with Crippen LogP contribution in [0.4, 0.5) is 17.6 Å². The van der Waals surface area contributed by atoms with Gasteiger partial charge in [0.25, 0.3) is 0 Å². The third-order valence-corrected chi connectivity index (χ3v) is 4.31. The molecule has 0 amide bonds. The number of benzene rings is 2. The van der Waals surface area contributed by atoms with Gasteiger partial charge in [-0.05, 0) is 28.8 Å². The van der Waals surface area contributed by atoms with E-state index in [4.69, 9.17) is 0 Å². The van der Waals surface area contributed by atoms with Gasteiger partial charge in [-0.3, -0.25) is 4.99 Å². The number of hydrogen-bond acceptors (Lipinski definition) is 3. The van der Waals surface area contributed by atoms with E-state index in [1.807, 2.05) is 24.3 Å². The van der Waals surface area contributed by atoms with Crippen molar-refractivity contribution in [3.63, 3.8) is 0 Å². The lowest BCUT2D eigenvalue weighted by molar-refractivity contribution is -0.138. The van der Waals surface area contributed by atoms with Crippen LogP contribution in [0.5, 0.6) is 0 Å². The molecule has 0 saturated heterocycles. The minimum absolute atomic E-state index is 0.0679. The van der Waals surface area contributed by atoms with Crippen molar-refractivity contribution in [1.29, 1.82) is 0 Å². The Kier molecular flexibility index (Phi) is 6.65. The van der Waals surface area contributed by atoms with E-state index in [1.165, 1.54) is 13.4 Å². The summed E-state index contributed by atoms with van der Waals surface area (Å²) in [7, 11) is 1.52. The van der Waals surface area contributed by atoms with Crippen LogP contribution >= 0.6 is 0 Å². The first-order valence-corrected chi connectivity index (χ1v) is 9.05. The Morgan fingerprint density at radius 2 is 1.83 bits per heavy atom. The summed E-state index contributed by atoms with van der Waals surface area (Å²) in [6.45, 7) is 0.840. The average molecular weight is 420 g/mol. The van der Waals surface area contributed by atoms with Crippen molar-refractivity contribution in [2.24, 2.45) is 4.99 Å². The maximum Gasteiger partial charge on any atom is 0.416 e. The first kappa shape index (κ1) is 21.3. The van der Waals surface area contributed by atoms with Gasteiger partial charge < -0.3 is 10.6 Å². The van der Waals surface area contributed by atoms with Gasteiger partial charge in [0.15, 0.2) is 5.96 Å². The number of rotatable bonds is 6. The summed E-state index contributed by atoms with van der Waals surface area (Å²) < 4.78 is 54.3. The molecule has 3 rings (SSSR count). The number of aromatic nitrogens is 3. The number of aliphatic imine (C=N–C) groups is 1. The van der Waals surface area contributed by atoms with E-state index in [0.717, 1.165) is 23.3 Å². The second-order valence-electron chi connectivity index (χ2n) is 6.49. The minimum atomic E-state index is -4.64. The Balaban J connectivity index is 1.60. The van der Waals surface area contributed by atoms with E-state index in [1.54, 1.807) is 11.0 Å². The number of nitrogens with zero attached hydrogens (tertiary/aromatic N) is 4. The molecule has 0 aliphatic carbocycles. The molecule has 10 heteroatoms. The molecule has 2 N–H and O–H groups in total. The molecule has 0 aliphatic heterocycles. The highest BCUT2D eigenvalue weighted by Gasteiger charge is 2.33. The Hall–Kier alpha value is -3.43. The average Bonchev–Trinajstić information content (AvgIpc) is 3.21. The maximum atomic E-state index is 13.2. The normalized spacial score (nSPS) is 12.1. The van der Waals surface area contributed by atoms with Crippen LogP contribution in [-0.2, 0) is 25.8 Å². The van der Waals surface area contributed by atoms with E-state index < -0.39 is 17.6 Å². The van der Waals surface area contributed by atoms with E-state index >= 15 is 0 Å². The molecule has 0 aliphatic rings. The molecule has 1 heterocycles. The van der Waals surface area contributed by atoms with Crippen molar-refractivity contribution in [2.45, 2.75) is 25.8 Å². The number of alkyl halides is 3. The molecule has 3 aromatic rings. The summed E-state index contributed by atoms with van der Waals surface area (Å²) >= 11 is 0. The Morgan fingerprint density at radius 3 is 2.53 bits per heavy atom. The molecule has 0 spiro atoms. The Morgan fingerprint density at radius 1 is 1.07 bits per heavy atom. The smallest absolute Gasteiger partial charge is 0.352 e. The molecule has 0 bridgehead atoms. The zero-order valence-corrected chi connectivity index (χ0v) is 16.1. The number of guanidine groups is 1. The maximum absolute atomic E-state index is 13.2. The fourth-order valence-electron chi connectivity index (χ4n) is 2.89. The highest BCUT2D eigenvalue weighted by Crippen LogP contribution is 2.32. The summed E-state index contributed by atoms with van der Waals surface area (Å²) in [5.74, 6) is -0.603. The molecular weight excluding hydrogens is 400 g/mol. The van der Waals surface area contributed by atoms with Gasteiger partial charge >= 0.3 is 6.18 Å². The summed E-state index contributed by atoms with van der Waals surface area (Å²) in [6.07, 6.45) is -1.55. The SMILES string of the molecule is CN=C(NCc1cccc(Cn2cncn2)c1)NCc1ccc(F)cc1C(F)(F)F. The lowest BCUT2D eigenvalue weighted by Gasteiger charge is -2.16. The van der Waals surface area contributed by atoms with Crippen molar-refractivity contribution in [1.82, 2.24) is 25.4 Å². The van der Waals surface area contributed by atoms with Gasteiger partial charge in [0, 0.05) is 20.1 Å². The molecule has 1 aromatic heterocycles. The molecule has 0 saturated carbocycles. The lowest BCUT2D eigenvalue weighted by Crippen LogP contribution is -2.36. The van der Waals surface area contributed by atoms with Gasteiger partial charge in [0.05, 0.1) is 12.1 Å². The predicted molar refractivity (Wildman–Crippen MR) is 104 cm³/mol. The van der Waals surface area contributed by atoms with Crippen LogP contribution < -0.4 is 10.6 Å². The van der Waals surface area contributed by atoms with E-state index in [0.29, 0.717) is 25.1 Å². The lowest BCUT2D eigenvalue weighted by atomic mass is 10.1. The van der Waals surface area contributed by atoms with Crippen LogP contribution in [0, 0.1) is 5.82 Å². The monoisotopic (exact) mass is 420 g/mol. The predicted octanol–water partition coefficient (Wildman–Crippen LogP) is 3.35. The molecule has 6 nitrogen and oxygen atoms in total. The minimum Gasteiger partial charge on any atom is -0.352 e. The Bertz CT molecular complexity index is 999. The zero-order chi connectivity index (χ0) is 21.6. The summed E-state index contributed by atoms with van der Waals surface area (Å²) in [4.78, 5) is 7.93. The number of halogens is 4. The van der Waals surface area contributed by atoms with Gasteiger partial charge in [-0.25, -0.2) is 14.1 Å². The molecule has 30 heavy (non-hydrogen) atoms. The van der Waals surface area contributed by atoms with Crippen molar-refractivity contribution in [3.05, 3.63) is 83.2 Å². The first-order valence-electron chi connectivity index (χ1n) is 9.05. The summed E-state index contributed by atoms with van der Waals surface area (Å²) in [6, 6.07) is 10.4. The van der Waals surface area contributed by atoms with E-state index in [9.17, 15) is 17.6 Å². The molecule has 0 radical (unpaired) electrons. The van der Waals surface area contributed by atoms with Crippen LogP contribution in [0.3, 0.4) is 0 Å². The molecule has 0 atom stereocenters. The van der Waals surface area contributed by atoms with Crippen LogP contribution in [0.1, 0.15) is 22.3 Å². The molecule has 2 aromatic carbocycles. The largest absolute Gasteiger partial charge is 0.416 e. The zero-order valence-electron chi connectivity index (χ0n) is 16.1. The van der Waals surface area contributed by atoms with Crippen LogP contribution in [-0.4, -0.2) is 27.8 Å². The first-order chi connectivity index (χ1) is 14.3. The third kappa shape index (κ3) is 5.79. The van der Waals surface area contributed by atoms with Crippen molar-refractivity contribution in [3.8, 4) is 0 Å². The number of nitrogens with one attached hydrogen (secondary N) is 2. The summed E-state index contributed by atoms with van der Waals surface area (Å²) in [5.41, 5.74) is 0.921. The van der Waals surface area contributed by atoms with Crippen molar-refractivity contribution < 1.29 is 17.6 Å². The second kappa shape index (κ2) is 9.38. The van der Waals surface area contributed by atoms with Crippen LogP contribution in [0.25, 0.3) is 0 Å². The van der Waals surface area contributed by atoms with E-state index in [2.05, 4.69) is 25.7 Å². The standard InChI is InChI=1S/C20H20F4N6/c1-25-19(28-10-16-5-6-17(21)8-18(16)20(22,23)24)27-9-14-3-2-4-15(7-14)11-30-13-26-12-29-30/h2-8,12-13H,9-11H2,1H3,(H2,25,27,28). The Labute approximate surface area is 170 Å². The highest BCUT2D eigenvalue weighted by atomic mass is 19.4.